The lowest BCUT2D eigenvalue weighted by atomic mass is 9.96. The van der Waals surface area contributed by atoms with Gasteiger partial charge < -0.3 is 30.1 Å². The quantitative estimate of drug-likeness (QED) is 0.176. The van der Waals surface area contributed by atoms with Gasteiger partial charge in [0.05, 0.1) is 11.4 Å². The molecule has 3 N–H and O–H groups in total. The number of likely N-dealkylation sites (tertiary alicyclic amines) is 2. The van der Waals surface area contributed by atoms with Gasteiger partial charge in [-0.05, 0) is 111 Å². The van der Waals surface area contributed by atoms with E-state index in [-0.39, 0.29) is 30.2 Å². The number of rotatable bonds is 11. The molecule has 0 spiro atoms. The third kappa shape index (κ3) is 8.36. The number of nitrogens with two attached hydrogens (primary N) is 1. The van der Waals surface area contributed by atoms with Crippen molar-refractivity contribution in [2.45, 2.75) is 57.2 Å². The molecule has 3 aromatic carbocycles. The van der Waals surface area contributed by atoms with E-state index in [0.717, 1.165) is 136 Å². The lowest BCUT2D eigenvalue weighted by molar-refractivity contribution is -0.136. The maximum Gasteiger partial charge on any atom is 0.255 e. The average Bonchev–Trinajstić information content (AvgIpc) is 3.85. The Morgan fingerprint density at radius 1 is 0.742 bits per heavy atom. The summed E-state index contributed by atoms with van der Waals surface area (Å²) in [6.07, 6.45) is 6.69. The molecule has 1 atom stereocenters. The van der Waals surface area contributed by atoms with Crippen molar-refractivity contribution in [3.63, 3.8) is 0 Å². The normalized spacial score (nSPS) is 21.2. The summed E-state index contributed by atoms with van der Waals surface area (Å²) in [4.78, 5) is 58.2. The standard InChI is InChI=1S/C47H55N11O4/c48-44-42-43(33-6-9-38(10-7-33)62-37-4-2-1-3-5-37)52-58(45(42)50-31-49-44)35-16-20-54(21-17-35)23-22-53-18-14-32(15-19-53)29-55-24-26-56(27-25-55)36-8-11-39-34(28-36)30-57(47(39)61)40-12-13-41(59)51-46(40)60/h1-11,28,31-32,35,40H,12-27,29-30H2,(H2,48,49,50)(H,51,59,60). The van der Waals surface area contributed by atoms with Crippen molar-refractivity contribution in [3.8, 4) is 22.8 Å². The van der Waals surface area contributed by atoms with E-state index < -0.39 is 6.04 Å². The molecule has 4 fully saturated rings. The van der Waals surface area contributed by atoms with Crippen molar-refractivity contribution in [3.05, 3.63) is 90.3 Å². The van der Waals surface area contributed by atoms with E-state index in [1.807, 2.05) is 66.7 Å². The van der Waals surface area contributed by atoms with Gasteiger partial charge in [0, 0.05) is 88.7 Å². The number of carbonyl (C=O) groups excluding carboxylic acids is 3. The Morgan fingerprint density at radius 3 is 2.18 bits per heavy atom. The minimum atomic E-state index is -0.587. The number of nitrogens with one attached hydrogen (secondary N) is 1. The number of imide groups is 1. The molecule has 5 aliphatic heterocycles. The number of ether oxygens (including phenoxy) is 1. The average molecular weight is 838 g/mol. The summed E-state index contributed by atoms with van der Waals surface area (Å²) in [6, 6.07) is 23.5. The molecule has 5 aromatic rings. The molecule has 2 aromatic heterocycles. The molecule has 3 amide bonds. The van der Waals surface area contributed by atoms with Crippen LogP contribution in [0, 0.1) is 5.92 Å². The molecule has 1 unspecified atom stereocenters. The van der Waals surface area contributed by atoms with Crippen molar-refractivity contribution in [2.75, 3.05) is 82.6 Å². The highest BCUT2D eigenvalue weighted by atomic mass is 16.5. The fourth-order valence-electron chi connectivity index (χ4n) is 10.1. The number of hydrogen-bond acceptors (Lipinski definition) is 12. The van der Waals surface area contributed by atoms with Gasteiger partial charge in [0.2, 0.25) is 11.8 Å². The van der Waals surface area contributed by atoms with E-state index in [0.29, 0.717) is 24.3 Å². The molecule has 0 radical (unpaired) electrons. The molecule has 5 aliphatic rings. The Bertz CT molecular complexity index is 2420. The highest BCUT2D eigenvalue weighted by Crippen LogP contribution is 2.36. The molecule has 62 heavy (non-hydrogen) atoms. The van der Waals surface area contributed by atoms with E-state index in [9.17, 15) is 14.4 Å². The minimum absolute atomic E-state index is 0.122. The third-order valence-corrected chi connectivity index (χ3v) is 13.7. The van der Waals surface area contributed by atoms with Gasteiger partial charge in [0.25, 0.3) is 5.91 Å². The van der Waals surface area contributed by atoms with Gasteiger partial charge in [-0.25, -0.2) is 14.6 Å². The predicted octanol–water partition coefficient (Wildman–Crippen LogP) is 4.80. The molecular formula is C47H55N11O4. The van der Waals surface area contributed by atoms with Gasteiger partial charge in [-0.1, -0.05) is 18.2 Å². The van der Waals surface area contributed by atoms with E-state index >= 15 is 0 Å². The zero-order valence-corrected chi connectivity index (χ0v) is 35.2. The fraction of sp³-hybridized carbons (Fsp3) is 0.447. The summed E-state index contributed by atoms with van der Waals surface area (Å²) in [5.41, 5.74) is 11.8. The van der Waals surface area contributed by atoms with Crippen LogP contribution in [0.2, 0.25) is 0 Å². The van der Waals surface area contributed by atoms with Crippen LogP contribution in [0.5, 0.6) is 11.5 Å². The first kappa shape index (κ1) is 40.2. The number of hydrogen-bond donors (Lipinski definition) is 2. The van der Waals surface area contributed by atoms with E-state index in [1.165, 1.54) is 12.8 Å². The van der Waals surface area contributed by atoms with Gasteiger partial charge in [0.1, 0.15) is 35.4 Å². The topological polar surface area (TPSA) is 158 Å². The SMILES string of the molecule is Nc1ncnc2c1c(-c1ccc(Oc3ccccc3)cc1)nn2C1CCN(CCN2CCC(CN3CCN(c4ccc5c(c4)CN(C4CCC(=O)NC4=O)C5=O)CC3)CC2)CC1. The molecule has 322 valence electrons. The lowest BCUT2D eigenvalue weighted by Crippen LogP contribution is -2.52. The Labute approximate surface area is 361 Å². The van der Waals surface area contributed by atoms with Crippen LogP contribution in [0.15, 0.2) is 79.1 Å². The second-order valence-corrected chi connectivity index (χ2v) is 17.6. The number of benzene rings is 3. The number of para-hydroxylation sites is 1. The first-order valence-electron chi connectivity index (χ1n) is 22.3. The highest BCUT2D eigenvalue weighted by molar-refractivity contribution is 6.05. The minimum Gasteiger partial charge on any atom is -0.457 e. The number of fused-ring (bicyclic) bond motifs is 2. The number of amides is 3. The number of piperazine rings is 1. The van der Waals surface area contributed by atoms with Crippen molar-refractivity contribution in [1.82, 2.24) is 44.7 Å². The lowest BCUT2D eigenvalue weighted by Gasteiger charge is -2.40. The van der Waals surface area contributed by atoms with Crippen LogP contribution in [-0.4, -0.2) is 135 Å². The second-order valence-electron chi connectivity index (χ2n) is 17.6. The summed E-state index contributed by atoms with van der Waals surface area (Å²) in [5, 5.41) is 8.32. The molecule has 0 bridgehead atoms. The maximum absolute atomic E-state index is 13.2. The zero-order valence-electron chi connectivity index (χ0n) is 35.2. The van der Waals surface area contributed by atoms with Gasteiger partial charge in [-0.3, -0.25) is 24.6 Å². The van der Waals surface area contributed by atoms with Crippen molar-refractivity contribution in [2.24, 2.45) is 5.92 Å². The number of aromatic nitrogens is 4. The van der Waals surface area contributed by atoms with Crippen LogP contribution in [0.4, 0.5) is 11.5 Å². The number of nitrogens with zero attached hydrogens (tertiary/aromatic N) is 9. The number of piperidine rings is 3. The van der Waals surface area contributed by atoms with Crippen molar-refractivity contribution < 1.29 is 19.1 Å². The predicted molar refractivity (Wildman–Crippen MR) is 237 cm³/mol. The van der Waals surface area contributed by atoms with Crippen LogP contribution in [0.25, 0.3) is 22.3 Å². The van der Waals surface area contributed by atoms with E-state index in [2.05, 4.69) is 45.6 Å². The number of carbonyl (C=O) groups is 3. The fourth-order valence-corrected chi connectivity index (χ4v) is 10.1. The first-order chi connectivity index (χ1) is 30.3. The molecule has 10 rings (SSSR count). The summed E-state index contributed by atoms with van der Waals surface area (Å²) in [6.45, 7) is 12.1. The Kier molecular flexibility index (Phi) is 11.3. The smallest absolute Gasteiger partial charge is 0.255 e. The molecule has 4 saturated heterocycles. The summed E-state index contributed by atoms with van der Waals surface area (Å²) >= 11 is 0. The summed E-state index contributed by atoms with van der Waals surface area (Å²) < 4.78 is 8.11. The van der Waals surface area contributed by atoms with Crippen LogP contribution >= 0.6 is 0 Å². The maximum atomic E-state index is 13.2. The molecular weight excluding hydrogens is 783 g/mol. The second kappa shape index (κ2) is 17.5. The van der Waals surface area contributed by atoms with Gasteiger partial charge in [-0.2, -0.15) is 5.10 Å². The van der Waals surface area contributed by atoms with Gasteiger partial charge >= 0.3 is 0 Å². The van der Waals surface area contributed by atoms with Crippen molar-refractivity contribution >= 4 is 40.3 Å². The third-order valence-electron chi connectivity index (χ3n) is 13.7. The van der Waals surface area contributed by atoms with Gasteiger partial charge in [0.15, 0.2) is 5.65 Å². The number of nitrogen functional groups attached to an aromatic ring is 1. The van der Waals surface area contributed by atoms with Crippen LogP contribution in [0.1, 0.15) is 60.5 Å². The monoisotopic (exact) mass is 837 g/mol. The Morgan fingerprint density at radius 2 is 1.45 bits per heavy atom. The van der Waals surface area contributed by atoms with Crippen LogP contribution in [0.3, 0.4) is 0 Å². The molecule has 7 heterocycles. The highest BCUT2D eigenvalue weighted by Gasteiger charge is 2.39. The Balaban J connectivity index is 0.661. The number of anilines is 2. The van der Waals surface area contributed by atoms with Crippen molar-refractivity contribution in [1.29, 1.82) is 0 Å². The first-order valence-corrected chi connectivity index (χ1v) is 22.3. The van der Waals surface area contributed by atoms with Crippen LogP contribution in [-0.2, 0) is 16.1 Å². The molecule has 0 aliphatic carbocycles. The van der Waals surface area contributed by atoms with E-state index in [1.54, 1.807) is 11.2 Å². The summed E-state index contributed by atoms with van der Waals surface area (Å²) in [5.74, 6) is 1.96. The molecule has 15 heteroatoms. The zero-order chi connectivity index (χ0) is 42.2. The molecule has 0 saturated carbocycles. The van der Waals surface area contributed by atoms with Gasteiger partial charge in [-0.15, -0.1) is 0 Å². The van der Waals surface area contributed by atoms with Crippen LogP contribution < -0.4 is 20.7 Å². The molecule has 15 nitrogen and oxygen atoms in total. The largest absolute Gasteiger partial charge is 0.457 e. The van der Waals surface area contributed by atoms with E-state index in [4.69, 9.17) is 15.6 Å². The summed E-state index contributed by atoms with van der Waals surface area (Å²) in [7, 11) is 0. The Hall–Kier alpha value is -5.90.